The Kier molecular flexibility index (Phi) is 9.13. The van der Waals surface area contributed by atoms with Crippen LogP contribution in [0.1, 0.15) is 59.8 Å². The van der Waals surface area contributed by atoms with Crippen LogP contribution in [0.25, 0.3) is 0 Å². The summed E-state index contributed by atoms with van der Waals surface area (Å²) in [6.45, 7) is 24.7. The van der Waals surface area contributed by atoms with Gasteiger partial charge in [0, 0.05) is 30.1 Å². The number of nitrogens with zero attached hydrogens (tertiary/aromatic N) is 2. The second-order valence-corrected chi connectivity index (χ2v) is 22.9. The quantitative estimate of drug-likeness (QED) is 0.305. The Balaban J connectivity index is 2.41. The lowest BCUT2D eigenvalue weighted by Gasteiger charge is -2.40. The number of aromatic nitrogens is 2. The highest BCUT2D eigenvalue weighted by molar-refractivity contribution is 9.09. The maximum Gasteiger partial charge on any atom is 0.333 e. The molecule has 0 aliphatic carbocycles. The number of aryl methyl sites for hydroxylation is 1. The van der Waals surface area contributed by atoms with Gasteiger partial charge in [-0.15, -0.1) is 0 Å². The standard InChI is InChI=1S/C24H45BrN2O5Si2/c1-17-15-27(22(29)26(13-12-25)21(17)28)20-14-18(32-34(10,11)24(5,6)7)19(31-20)16-30-33(8,9)23(2,3)4/h15,18-20H,12-14,16H2,1-11H3/t18-,19+,20+/m0/s1. The molecule has 0 unspecified atom stereocenters. The molecule has 0 aromatic carbocycles. The third-order valence-electron chi connectivity index (χ3n) is 7.83. The van der Waals surface area contributed by atoms with Crippen LogP contribution in [0.4, 0.5) is 0 Å². The van der Waals surface area contributed by atoms with E-state index in [1.807, 2.05) is 0 Å². The highest BCUT2D eigenvalue weighted by Gasteiger charge is 2.46. The van der Waals surface area contributed by atoms with Gasteiger partial charge in [-0.25, -0.2) is 4.79 Å². The van der Waals surface area contributed by atoms with Crippen molar-refractivity contribution in [2.45, 2.75) is 116 Å². The molecule has 1 aromatic rings. The van der Waals surface area contributed by atoms with Gasteiger partial charge in [0.2, 0.25) is 0 Å². The van der Waals surface area contributed by atoms with Crippen LogP contribution in [0.15, 0.2) is 15.8 Å². The van der Waals surface area contributed by atoms with Gasteiger partial charge in [-0.1, -0.05) is 57.5 Å². The Morgan fingerprint density at radius 1 is 1.06 bits per heavy atom. The Morgan fingerprint density at radius 2 is 1.62 bits per heavy atom. The summed E-state index contributed by atoms with van der Waals surface area (Å²) in [5.41, 5.74) is -0.0883. The van der Waals surface area contributed by atoms with Gasteiger partial charge in [-0.05, 0) is 43.2 Å². The Bertz CT molecular complexity index is 976. The minimum absolute atomic E-state index is 0.0481. The highest BCUT2D eigenvalue weighted by atomic mass is 79.9. The molecule has 0 amide bonds. The van der Waals surface area contributed by atoms with Crippen LogP contribution in [0, 0.1) is 6.92 Å². The summed E-state index contributed by atoms with van der Waals surface area (Å²) in [5, 5.41) is 0.656. The molecule has 3 atom stereocenters. The summed E-state index contributed by atoms with van der Waals surface area (Å²) in [6.07, 6.45) is 1.21. The van der Waals surface area contributed by atoms with E-state index in [4.69, 9.17) is 13.6 Å². The zero-order valence-electron chi connectivity index (χ0n) is 23.0. The molecular formula is C24H45BrN2O5Si2. The molecule has 1 saturated heterocycles. The molecule has 7 nitrogen and oxygen atoms in total. The van der Waals surface area contributed by atoms with E-state index >= 15 is 0 Å². The first-order chi connectivity index (χ1) is 15.3. The van der Waals surface area contributed by atoms with E-state index in [0.29, 0.717) is 30.5 Å². The molecule has 1 aliphatic heterocycles. The van der Waals surface area contributed by atoms with Gasteiger partial charge in [0.25, 0.3) is 5.56 Å². The van der Waals surface area contributed by atoms with Crippen molar-refractivity contribution in [3.8, 4) is 0 Å². The zero-order chi connectivity index (χ0) is 26.3. The summed E-state index contributed by atoms with van der Waals surface area (Å²) in [6, 6.07) is 0. The van der Waals surface area contributed by atoms with Crippen molar-refractivity contribution in [3.05, 3.63) is 32.6 Å². The van der Waals surface area contributed by atoms with E-state index in [0.717, 1.165) is 0 Å². The van der Waals surface area contributed by atoms with E-state index in [1.165, 1.54) is 4.57 Å². The van der Waals surface area contributed by atoms with Crippen molar-refractivity contribution in [1.29, 1.82) is 0 Å². The lowest BCUT2D eigenvalue weighted by Crippen LogP contribution is -2.48. The number of halogens is 1. The fourth-order valence-electron chi connectivity index (χ4n) is 3.45. The Morgan fingerprint density at radius 3 is 2.12 bits per heavy atom. The van der Waals surface area contributed by atoms with Crippen molar-refractivity contribution >= 4 is 32.6 Å². The van der Waals surface area contributed by atoms with E-state index < -0.39 is 22.9 Å². The zero-order valence-corrected chi connectivity index (χ0v) is 26.5. The van der Waals surface area contributed by atoms with E-state index in [1.54, 1.807) is 17.7 Å². The van der Waals surface area contributed by atoms with Crippen molar-refractivity contribution < 1.29 is 13.6 Å². The second kappa shape index (κ2) is 10.5. The Hall–Kier alpha value is -0.526. The predicted molar refractivity (Wildman–Crippen MR) is 147 cm³/mol. The molecule has 0 saturated carbocycles. The third-order valence-corrected chi connectivity index (χ3v) is 17.2. The molecule has 2 heterocycles. The minimum atomic E-state index is -2.08. The number of rotatable bonds is 8. The molecule has 2 rings (SSSR count). The normalized spacial score (nSPS) is 22.4. The van der Waals surface area contributed by atoms with Gasteiger partial charge in [0.15, 0.2) is 16.6 Å². The van der Waals surface area contributed by atoms with Crippen molar-refractivity contribution in [2.75, 3.05) is 11.9 Å². The summed E-state index contributed by atoms with van der Waals surface area (Å²) in [4.78, 5) is 25.7. The van der Waals surface area contributed by atoms with Gasteiger partial charge < -0.3 is 13.6 Å². The SMILES string of the molecule is Cc1cn([C@H]2C[C@H](O[Si](C)(C)C(C)(C)C)[C@@H](CO[Si](C)(C)C(C)(C)C)O2)c(=O)n(CCBr)c1=O. The second-order valence-electron chi connectivity index (χ2n) is 12.5. The van der Waals surface area contributed by atoms with Gasteiger partial charge >= 0.3 is 5.69 Å². The van der Waals surface area contributed by atoms with Crippen LogP contribution in [0.5, 0.6) is 0 Å². The smallest absolute Gasteiger partial charge is 0.333 e. The molecule has 0 radical (unpaired) electrons. The van der Waals surface area contributed by atoms with E-state index in [2.05, 4.69) is 83.7 Å². The van der Waals surface area contributed by atoms with Crippen molar-refractivity contribution in [1.82, 2.24) is 9.13 Å². The fraction of sp³-hybridized carbons (Fsp3) is 0.833. The summed E-state index contributed by atoms with van der Waals surface area (Å²) in [5.74, 6) is 0. The van der Waals surface area contributed by atoms with Crippen molar-refractivity contribution in [3.63, 3.8) is 0 Å². The summed E-state index contributed by atoms with van der Waals surface area (Å²) < 4.78 is 22.6. The lowest BCUT2D eigenvalue weighted by molar-refractivity contribution is -0.0417. The fourth-order valence-corrected chi connectivity index (χ4v) is 6.18. The van der Waals surface area contributed by atoms with E-state index in [-0.39, 0.29) is 33.5 Å². The number of hydrogen-bond donors (Lipinski definition) is 0. The molecule has 34 heavy (non-hydrogen) atoms. The van der Waals surface area contributed by atoms with Crippen LogP contribution in [-0.4, -0.2) is 49.9 Å². The molecule has 10 heteroatoms. The third kappa shape index (κ3) is 6.42. The predicted octanol–water partition coefficient (Wildman–Crippen LogP) is 5.41. The first kappa shape index (κ1) is 29.7. The van der Waals surface area contributed by atoms with Crippen LogP contribution >= 0.6 is 15.9 Å². The van der Waals surface area contributed by atoms with Gasteiger partial charge in [-0.3, -0.25) is 13.9 Å². The maximum atomic E-state index is 13.2. The minimum Gasteiger partial charge on any atom is -0.414 e. The molecule has 0 spiro atoms. The molecule has 196 valence electrons. The average Bonchev–Trinajstić information content (AvgIpc) is 3.06. The molecule has 1 aliphatic rings. The summed E-state index contributed by atoms with van der Waals surface area (Å²) >= 11 is 3.35. The number of hydrogen-bond acceptors (Lipinski definition) is 5. The average molecular weight is 578 g/mol. The Labute approximate surface area is 215 Å². The molecule has 0 bridgehead atoms. The van der Waals surface area contributed by atoms with Gasteiger partial charge in [-0.2, -0.15) is 0 Å². The summed E-state index contributed by atoms with van der Waals surface area (Å²) in [7, 11) is -4.07. The molecule has 1 aromatic heterocycles. The maximum absolute atomic E-state index is 13.2. The largest absolute Gasteiger partial charge is 0.414 e. The van der Waals surface area contributed by atoms with Gasteiger partial charge in [0.05, 0.1) is 12.7 Å². The van der Waals surface area contributed by atoms with Crippen molar-refractivity contribution in [2.24, 2.45) is 0 Å². The first-order valence-corrected chi connectivity index (χ1v) is 19.1. The molecule has 0 N–H and O–H groups in total. The number of ether oxygens (including phenoxy) is 1. The van der Waals surface area contributed by atoms with Crippen LogP contribution < -0.4 is 11.2 Å². The molecular weight excluding hydrogens is 532 g/mol. The van der Waals surface area contributed by atoms with Crippen LogP contribution in [-0.2, 0) is 20.1 Å². The first-order valence-electron chi connectivity index (χ1n) is 12.2. The van der Waals surface area contributed by atoms with E-state index in [9.17, 15) is 9.59 Å². The lowest BCUT2D eigenvalue weighted by atomic mass is 10.2. The topological polar surface area (TPSA) is 71.7 Å². The van der Waals surface area contributed by atoms with Gasteiger partial charge in [0.1, 0.15) is 12.3 Å². The van der Waals surface area contributed by atoms with Crippen LogP contribution in [0.3, 0.4) is 0 Å². The van der Waals surface area contributed by atoms with Crippen LogP contribution in [0.2, 0.25) is 36.3 Å². The molecule has 1 fully saturated rings. The highest BCUT2D eigenvalue weighted by Crippen LogP contribution is 2.42. The number of alkyl halides is 1. The monoisotopic (exact) mass is 576 g/mol.